The van der Waals surface area contributed by atoms with Crippen LogP contribution in [0.5, 0.6) is 0 Å². The average molecular weight is 333 g/mol. The predicted octanol–water partition coefficient (Wildman–Crippen LogP) is 3.85. The molecule has 0 N–H and O–H groups in total. The van der Waals surface area contributed by atoms with E-state index in [0.717, 1.165) is 31.6 Å². The lowest BCUT2D eigenvalue weighted by Gasteiger charge is -2.38. The fourth-order valence-corrected chi connectivity index (χ4v) is 3.76. The van der Waals surface area contributed by atoms with Crippen molar-refractivity contribution in [2.24, 2.45) is 5.41 Å². The third-order valence-electron chi connectivity index (χ3n) is 4.97. The standard InChI is InChI=1S/C20H31NO3/c1-15(2)10-11-20(13-16(3)8-9-18(20)24-5)19(22)21-12-6-7-17(21)14-23-4/h9-10,13,17H,6-8,11-12,14H2,1-5H3/t17-,20+/m0/s1. The minimum atomic E-state index is -0.718. The van der Waals surface area contributed by atoms with Gasteiger partial charge in [0.15, 0.2) is 0 Å². The zero-order valence-electron chi connectivity index (χ0n) is 15.7. The first-order chi connectivity index (χ1) is 11.4. The van der Waals surface area contributed by atoms with Gasteiger partial charge in [-0.3, -0.25) is 4.79 Å². The Hall–Kier alpha value is -1.55. The molecule has 1 fully saturated rings. The van der Waals surface area contributed by atoms with Crippen LogP contribution < -0.4 is 0 Å². The number of carbonyl (C=O) groups is 1. The summed E-state index contributed by atoms with van der Waals surface area (Å²) in [5, 5.41) is 0. The van der Waals surface area contributed by atoms with E-state index in [-0.39, 0.29) is 11.9 Å². The van der Waals surface area contributed by atoms with Crippen LogP contribution in [0.15, 0.2) is 35.1 Å². The Kier molecular flexibility index (Phi) is 6.27. The van der Waals surface area contributed by atoms with Gasteiger partial charge in [-0.2, -0.15) is 0 Å². The summed E-state index contributed by atoms with van der Waals surface area (Å²) in [6, 6.07) is 0.166. The molecule has 4 heteroatoms. The Labute approximate surface area is 146 Å². The lowest BCUT2D eigenvalue weighted by Crippen LogP contribution is -2.48. The van der Waals surface area contributed by atoms with Crippen LogP contribution in [-0.4, -0.2) is 44.2 Å². The molecule has 0 spiro atoms. The number of ether oxygens (including phenoxy) is 2. The van der Waals surface area contributed by atoms with E-state index in [0.29, 0.717) is 13.0 Å². The number of methoxy groups -OCH3 is 2. The van der Waals surface area contributed by atoms with Gasteiger partial charge in [-0.05, 0) is 52.5 Å². The van der Waals surface area contributed by atoms with Crippen LogP contribution in [0.1, 0.15) is 46.5 Å². The molecular formula is C20H31NO3. The SMILES string of the molecule is COC[C@@H]1CCCN1C(=O)[C@]1(CC=C(C)C)C=C(C)CC=C1OC. The molecule has 0 saturated carbocycles. The first-order valence-electron chi connectivity index (χ1n) is 8.81. The highest BCUT2D eigenvalue weighted by atomic mass is 16.5. The molecule has 0 aromatic rings. The molecule has 24 heavy (non-hydrogen) atoms. The molecule has 0 bridgehead atoms. The number of rotatable bonds is 6. The highest BCUT2D eigenvalue weighted by Gasteiger charge is 2.47. The van der Waals surface area contributed by atoms with Gasteiger partial charge in [0.25, 0.3) is 0 Å². The molecule has 0 aromatic heterocycles. The topological polar surface area (TPSA) is 38.8 Å². The van der Waals surface area contributed by atoms with Crippen molar-refractivity contribution < 1.29 is 14.3 Å². The molecule has 4 nitrogen and oxygen atoms in total. The van der Waals surface area contributed by atoms with Crippen LogP contribution in [0, 0.1) is 5.41 Å². The van der Waals surface area contributed by atoms with Gasteiger partial charge in [0.2, 0.25) is 5.91 Å². The van der Waals surface area contributed by atoms with E-state index in [9.17, 15) is 4.79 Å². The molecule has 1 aliphatic heterocycles. The molecule has 0 unspecified atom stereocenters. The van der Waals surface area contributed by atoms with E-state index in [1.165, 1.54) is 11.1 Å². The van der Waals surface area contributed by atoms with Gasteiger partial charge >= 0.3 is 0 Å². The second kappa shape index (κ2) is 8.02. The van der Waals surface area contributed by atoms with Crippen LogP contribution in [-0.2, 0) is 14.3 Å². The minimum Gasteiger partial charge on any atom is -0.500 e. The van der Waals surface area contributed by atoms with Crippen molar-refractivity contribution in [1.82, 2.24) is 4.90 Å². The van der Waals surface area contributed by atoms with Crippen molar-refractivity contribution in [3.8, 4) is 0 Å². The summed E-state index contributed by atoms with van der Waals surface area (Å²) >= 11 is 0. The zero-order valence-corrected chi connectivity index (χ0v) is 15.7. The average Bonchev–Trinajstić information content (AvgIpc) is 3.00. The van der Waals surface area contributed by atoms with Crippen molar-refractivity contribution in [3.63, 3.8) is 0 Å². The van der Waals surface area contributed by atoms with E-state index in [4.69, 9.17) is 9.47 Å². The monoisotopic (exact) mass is 333 g/mol. The summed E-state index contributed by atoms with van der Waals surface area (Å²) in [6.07, 6.45) is 9.85. The van der Waals surface area contributed by atoms with Gasteiger partial charge in [0.05, 0.1) is 19.8 Å². The molecule has 2 aliphatic rings. The quantitative estimate of drug-likeness (QED) is 0.693. The lowest BCUT2D eigenvalue weighted by atomic mass is 9.75. The fraction of sp³-hybridized carbons (Fsp3) is 0.650. The fourth-order valence-electron chi connectivity index (χ4n) is 3.76. The van der Waals surface area contributed by atoms with Gasteiger partial charge in [0, 0.05) is 13.7 Å². The third-order valence-corrected chi connectivity index (χ3v) is 4.97. The third kappa shape index (κ3) is 3.75. The molecule has 1 amide bonds. The Morgan fingerprint density at radius 1 is 1.42 bits per heavy atom. The summed E-state index contributed by atoms with van der Waals surface area (Å²) < 4.78 is 11.0. The van der Waals surface area contributed by atoms with Gasteiger partial charge in [-0.25, -0.2) is 0 Å². The van der Waals surface area contributed by atoms with Gasteiger partial charge in [-0.1, -0.05) is 23.3 Å². The van der Waals surface area contributed by atoms with E-state index < -0.39 is 5.41 Å². The summed E-state index contributed by atoms with van der Waals surface area (Å²) in [4.78, 5) is 15.6. The number of allylic oxidation sites excluding steroid dienone is 4. The molecule has 1 heterocycles. The number of carbonyl (C=O) groups excluding carboxylic acids is 1. The Bertz CT molecular complexity index is 557. The van der Waals surface area contributed by atoms with Crippen molar-refractivity contribution in [3.05, 3.63) is 35.1 Å². The van der Waals surface area contributed by atoms with Gasteiger partial charge in [-0.15, -0.1) is 0 Å². The second-order valence-corrected chi connectivity index (χ2v) is 7.17. The summed E-state index contributed by atoms with van der Waals surface area (Å²) in [5.41, 5.74) is 1.71. The smallest absolute Gasteiger partial charge is 0.240 e. The van der Waals surface area contributed by atoms with Crippen LogP contribution in [0.2, 0.25) is 0 Å². The summed E-state index contributed by atoms with van der Waals surface area (Å²) in [7, 11) is 3.37. The molecule has 2 rings (SSSR count). The Morgan fingerprint density at radius 3 is 2.79 bits per heavy atom. The largest absolute Gasteiger partial charge is 0.500 e. The molecule has 2 atom stereocenters. The highest BCUT2D eigenvalue weighted by Crippen LogP contribution is 2.42. The molecule has 134 valence electrons. The van der Waals surface area contributed by atoms with Crippen LogP contribution >= 0.6 is 0 Å². The highest BCUT2D eigenvalue weighted by molar-refractivity contribution is 5.89. The van der Waals surface area contributed by atoms with Crippen LogP contribution in [0.3, 0.4) is 0 Å². The predicted molar refractivity (Wildman–Crippen MR) is 96.6 cm³/mol. The maximum absolute atomic E-state index is 13.6. The van der Waals surface area contributed by atoms with Gasteiger partial charge in [0.1, 0.15) is 11.2 Å². The maximum atomic E-state index is 13.6. The number of likely N-dealkylation sites (tertiary alicyclic amines) is 1. The first-order valence-corrected chi connectivity index (χ1v) is 8.81. The van der Waals surface area contributed by atoms with Crippen molar-refractivity contribution in [2.75, 3.05) is 27.4 Å². The molecular weight excluding hydrogens is 302 g/mol. The van der Waals surface area contributed by atoms with E-state index in [1.54, 1.807) is 14.2 Å². The van der Waals surface area contributed by atoms with Crippen molar-refractivity contribution >= 4 is 5.91 Å². The van der Waals surface area contributed by atoms with Crippen molar-refractivity contribution in [2.45, 2.75) is 52.5 Å². The number of hydrogen-bond acceptors (Lipinski definition) is 3. The van der Waals surface area contributed by atoms with E-state index >= 15 is 0 Å². The molecule has 1 aliphatic carbocycles. The van der Waals surface area contributed by atoms with Gasteiger partial charge < -0.3 is 14.4 Å². The Balaban J connectivity index is 2.42. The number of amides is 1. The van der Waals surface area contributed by atoms with Crippen LogP contribution in [0.4, 0.5) is 0 Å². The first kappa shape index (κ1) is 18.8. The number of nitrogens with zero attached hydrogens (tertiary/aromatic N) is 1. The van der Waals surface area contributed by atoms with E-state index in [1.807, 2.05) is 4.90 Å². The second-order valence-electron chi connectivity index (χ2n) is 7.17. The Morgan fingerprint density at radius 2 is 2.17 bits per heavy atom. The van der Waals surface area contributed by atoms with Crippen LogP contribution in [0.25, 0.3) is 0 Å². The summed E-state index contributed by atoms with van der Waals surface area (Å²) in [5.74, 6) is 0.922. The number of hydrogen-bond donors (Lipinski definition) is 0. The zero-order chi connectivity index (χ0) is 17.7. The minimum absolute atomic E-state index is 0.145. The normalized spacial score (nSPS) is 26.7. The van der Waals surface area contributed by atoms with E-state index in [2.05, 4.69) is 39.0 Å². The maximum Gasteiger partial charge on any atom is 0.240 e. The summed E-state index contributed by atoms with van der Waals surface area (Å²) in [6.45, 7) is 7.62. The molecule has 0 aromatic carbocycles. The molecule has 0 radical (unpaired) electrons. The van der Waals surface area contributed by atoms with Crippen molar-refractivity contribution in [1.29, 1.82) is 0 Å². The molecule has 1 saturated heterocycles. The lowest BCUT2D eigenvalue weighted by molar-refractivity contribution is -0.141.